The number of amides is 1. The molecule has 1 aromatic carbocycles. The van der Waals surface area contributed by atoms with Crippen LogP contribution in [0.3, 0.4) is 0 Å². The van der Waals surface area contributed by atoms with E-state index in [2.05, 4.69) is 5.32 Å². The second kappa shape index (κ2) is 5.97. The molecule has 0 heterocycles. The fourth-order valence-electron chi connectivity index (χ4n) is 1.08. The minimum absolute atomic E-state index is 0.128. The number of carbonyl (C=O) groups is 1. The predicted molar refractivity (Wildman–Crippen MR) is 66.5 cm³/mol. The van der Waals surface area contributed by atoms with E-state index in [1.54, 1.807) is 25.1 Å². The quantitative estimate of drug-likeness (QED) is 0.846. The summed E-state index contributed by atoms with van der Waals surface area (Å²) in [6.45, 7) is 1.76. The van der Waals surface area contributed by atoms with Crippen LogP contribution in [0.5, 0.6) is 5.75 Å². The highest BCUT2D eigenvalue weighted by Crippen LogP contribution is 2.27. The number of anilines is 1. The topological polar surface area (TPSA) is 38.3 Å². The van der Waals surface area contributed by atoms with Crippen molar-refractivity contribution in [3.8, 4) is 5.75 Å². The zero-order valence-corrected chi connectivity index (χ0v) is 10.6. The normalized spacial score (nSPS) is 12.0. The Morgan fingerprint density at radius 1 is 1.56 bits per heavy atom. The molecule has 0 saturated heterocycles. The molecule has 0 aliphatic rings. The van der Waals surface area contributed by atoms with Gasteiger partial charge in [0.2, 0.25) is 5.91 Å². The van der Waals surface area contributed by atoms with E-state index in [0.29, 0.717) is 16.5 Å². The van der Waals surface area contributed by atoms with Crippen molar-refractivity contribution in [3.63, 3.8) is 0 Å². The first-order chi connectivity index (χ1) is 7.58. The highest BCUT2D eigenvalue weighted by molar-refractivity contribution is 6.32. The van der Waals surface area contributed by atoms with E-state index in [1.165, 1.54) is 7.11 Å². The highest BCUT2D eigenvalue weighted by Gasteiger charge is 2.12. The summed E-state index contributed by atoms with van der Waals surface area (Å²) in [5, 5.41) is 3.18. The number of halogens is 2. The zero-order valence-electron chi connectivity index (χ0n) is 9.09. The summed E-state index contributed by atoms with van der Waals surface area (Å²) < 4.78 is 5.01. The first kappa shape index (κ1) is 13.1. The van der Waals surface area contributed by atoms with Crippen LogP contribution in [0.25, 0.3) is 0 Å². The Hall–Kier alpha value is -0.930. The fraction of sp³-hybridized carbons (Fsp3) is 0.364. The molecule has 0 aliphatic heterocycles. The smallest absolute Gasteiger partial charge is 0.228 e. The van der Waals surface area contributed by atoms with Gasteiger partial charge in [-0.25, -0.2) is 0 Å². The van der Waals surface area contributed by atoms with Crippen LogP contribution in [0.15, 0.2) is 18.2 Å². The Morgan fingerprint density at radius 2 is 2.25 bits per heavy atom. The molecule has 1 aromatic rings. The maximum atomic E-state index is 11.5. The average molecular weight is 262 g/mol. The van der Waals surface area contributed by atoms with Crippen molar-refractivity contribution < 1.29 is 9.53 Å². The third-order valence-electron chi connectivity index (χ3n) is 2.10. The van der Waals surface area contributed by atoms with E-state index in [1.807, 2.05) is 0 Å². The van der Waals surface area contributed by atoms with E-state index >= 15 is 0 Å². The average Bonchev–Trinajstić information content (AvgIpc) is 2.28. The molecular formula is C11H13Cl2NO2. The largest absolute Gasteiger partial charge is 0.495 e. The SMILES string of the molecule is COc1ccc(NC(=O)C(C)CCl)cc1Cl. The molecule has 1 unspecified atom stereocenters. The number of benzene rings is 1. The van der Waals surface area contributed by atoms with Gasteiger partial charge in [-0.1, -0.05) is 18.5 Å². The molecule has 0 aliphatic carbocycles. The Morgan fingerprint density at radius 3 is 2.75 bits per heavy atom. The van der Waals surface area contributed by atoms with Crippen molar-refractivity contribution in [1.82, 2.24) is 0 Å². The highest BCUT2D eigenvalue weighted by atomic mass is 35.5. The molecule has 0 saturated carbocycles. The molecule has 0 radical (unpaired) electrons. The molecule has 0 fully saturated rings. The van der Waals surface area contributed by atoms with Crippen molar-refractivity contribution in [2.24, 2.45) is 5.92 Å². The zero-order chi connectivity index (χ0) is 12.1. The lowest BCUT2D eigenvalue weighted by molar-refractivity contribution is -0.118. The van der Waals surface area contributed by atoms with Crippen LogP contribution >= 0.6 is 23.2 Å². The predicted octanol–water partition coefficient (Wildman–Crippen LogP) is 3.16. The Labute approximate surface area is 105 Å². The second-order valence-electron chi connectivity index (χ2n) is 3.39. The van der Waals surface area contributed by atoms with Gasteiger partial charge >= 0.3 is 0 Å². The number of alkyl halides is 1. The minimum Gasteiger partial charge on any atom is -0.495 e. The number of rotatable bonds is 4. The summed E-state index contributed by atoms with van der Waals surface area (Å²) in [5.74, 6) is 0.499. The van der Waals surface area contributed by atoms with E-state index in [0.717, 1.165) is 0 Å². The van der Waals surface area contributed by atoms with Gasteiger partial charge in [0.15, 0.2) is 0 Å². The van der Waals surface area contributed by atoms with Crippen LogP contribution in [0.2, 0.25) is 5.02 Å². The number of ether oxygens (including phenoxy) is 1. The Kier molecular flexibility index (Phi) is 4.90. The third-order valence-corrected chi connectivity index (χ3v) is 2.86. The summed E-state index contributed by atoms with van der Waals surface area (Å²) in [7, 11) is 1.54. The number of methoxy groups -OCH3 is 1. The molecule has 0 aromatic heterocycles. The van der Waals surface area contributed by atoms with Crippen LogP contribution in [0.1, 0.15) is 6.92 Å². The molecule has 3 nitrogen and oxygen atoms in total. The van der Waals surface area contributed by atoms with E-state index in [-0.39, 0.29) is 17.7 Å². The summed E-state index contributed by atoms with van der Waals surface area (Å²) in [6.07, 6.45) is 0. The molecule has 88 valence electrons. The van der Waals surface area contributed by atoms with Gasteiger partial charge in [-0.3, -0.25) is 4.79 Å². The van der Waals surface area contributed by atoms with Gasteiger partial charge in [-0.15, -0.1) is 11.6 Å². The lowest BCUT2D eigenvalue weighted by Gasteiger charge is -2.10. The lowest BCUT2D eigenvalue weighted by atomic mass is 10.2. The van der Waals surface area contributed by atoms with E-state index < -0.39 is 0 Å². The van der Waals surface area contributed by atoms with Gasteiger partial charge in [-0.05, 0) is 18.2 Å². The first-order valence-electron chi connectivity index (χ1n) is 4.79. The summed E-state index contributed by atoms with van der Waals surface area (Å²) in [5.41, 5.74) is 0.632. The number of hydrogen-bond donors (Lipinski definition) is 1. The van der Waals surface area contributed by atoms with Gasteiger partial charge < -0.3 is 10.1 Å². The van der Waals surface area contributed by atoms with Crippen molar-refractivity contribution >= 4 is 34.8 Å². The fourth-order valence-corrected chi connectivity index (χ4v) is 1.48. The van der Waals surface area contributed by atoms with Crippen LogP contribution in [-0.2, 0) is 4.79 Å². The number of nitrogens with one attached hydrogen (secondary N) is 1. The molecular weight excluding hydrogens is 249 g/mol. The monoisotopic (exact) mass is 261 g/mol. The van der Waals surface area contributed by atoms with Crippen LogP contribution in [0.4, 0.5) is 5.69 Å². The van der Waals surface area contributed by atoms with Crippen molar-refractivity contribution in [2.75, 3.05) is 18.3 Å². The lowest BCUT2D eigenvalue weighted by Crippen LogP contribution is -2.21. The van der Waals surface area contributed by atoms with E-state index in [9.17, 15) is 4.79 Å². The summed E-state index contributed by atoms with van der Waals surface area (Å²) in [6, 6.07) is 5.06. The maximum Gasteiger partial charge on any atom is 0.228 e. The molecule has 0 bridgehead atoms. The van der Waals surface area contributed by atoms with Gasteiger partial charge in [0.05, 0.1) is 12.1 Å². The molecule has 5 heteroatoms. The maximum absolute atomic E-state index is 11.5. The minimum atomic E-state index is -0.234. The van der Waals surface area contributed by atoms with Gasteiger partial charge in [0.25, 0.3) is 0 Å². The Bertz CT molecular complexity index is 382. The molecule has 1 amide bonds. The van der Waals surface area contributed by atoms with Crippen LogP contribution < -0.4 is 10.1 Å². The molecule has 0 spiro atoms. The van der Waals surface area contributed by atoms with E-state index in [4.69, 9.17) is 27.9 Å². The second-order valence-corrected chi connectivity index (χ2v) is 4.11. The first-order valence-corrected chi connectivity index (χ1v) is 5.70. The summed E-state index contributed by atoms with van der Waals surface area (Å²) in [4.78, 5) is 11.5. The standard InChI is InChI=1S/C11H13Cl2NO2/c1-7(6-12)11(15)14-8-3-4-10(16-2)9(13)5-8/h3-5,7H,6H2,1-2H3,(H,14,15). The third kappa shape index (κ3) is 3.29. The molecule has 1 N–H and O–H groups in total. The van der Waals surface area contributed by atoms with Crippen LogP contribution in [-0.4, -0.2) is 18.9 Å². The molecule has 16 heavy (non-hydrogen) atoms. The van der Waals surface area contributed by atoms with Crippen LogP contribution in [0, 0.1) is 5.92 Å². The summed E-state index contributed by atoms with van der Waals surface area (Å²) >= 11 is 11.5. The van der Waals surface area contributed by atoms with Gasteiger partial charge in [0, 0.05) is 17.5 Å². The van der Waals surface area contributed by atoms with Crippen molar-refractivity contribution in [3.05, 3.63) is 23.2 Å². The van der Waals surface area contributed by atoms with Crippen molar-refractivity contribution in [2.45, 2.75) is 6.92 Å². The number of hydrogen-bond acceptors (Lipinski definition) is 2. The molecule has 1 atom stereocenters. The van der Waals surface area contributed by atoms with Crippen molar-refractivity contribution in [1.29, 1.82) is 0 Å². The molecule has 1 rings (SSSR count). The van der Waals surface area contributed by atoms with Gasteiger partial charge in [0.1, 0.15) is 5.75 Å². The Balaban J connectivity index is 2.75. The number of carbonyl (C=O) groups excluding carboxylic acids is 1. The van der Waals surface area contributed by atoms with Gasteiger partial charge in [-0.2, -0.15) is 0 Å².